The van der Waals surface area contributed by atoms with Crippen molar-refractivity contribution in [2.24, 2.45) is 0 Å². The number of hydrogen-bond acceptors (Lipinski definition) is 2. The molecule has 0 amide bonds. The Kier molecular flexibility index (Phi) is 5.94. The van der Waals surface area contributed by atoms with E-state index in [-0.39, 0.29) is 12.2 Å². The van der Waals surface area contributed by atoms with E-state index in [0.717, 1.165) is 37.7 Å². The predicted molar refractivity (Wildman–Crippen MR) is 119 cm³/mol. The van der Waals surface area contributed by atoms with Gasteiger partial charge in [-0.3, -0.25) is 0 Å². The van der Waals surface area contributed by atoms with E-state index in [1.54, 1.807) is 0 Å². The number of allylic oxidation sites excluding steroid dienone is 1. The van der Waals surface area contributed by atoms with Crippen LogP contribution in [0.25, 0.3) is 11.1 Å². The normalized spacial score (nSPS) is 19.1. The van der Waals surface area contributed by atoms with Crippen LogP contribution >= 0.6 is 0 Å². The van der Waals surface area contributed by atoms with Crippen molar-refractivity contribution >= 4 is 0 Å². The molecule has 5 rings (SSSR count). The fourth-order valence-electron chi connectivity index (χ4n) is 4.57. The minimum Gasteiger partial charge on any atom is -0.392 e. The molecule has 3 aromatic carbocycles. The zero-order valence-electron chi connectivity index (χ0n) is 16.7. The molecular formula is C27H28O2. The minimum atomic E-state index is -0.236. The van der Waals surface area contributed by atoms with Gasteiger partial charge in [0.15, 0.2) is 0 Å². The first-order valence-corrected chi connectivity index (χ1v) is 10.4. The molecule has 2 unspecified atom stereocenters. The van der Waals surface area contributed by atoms with Crippen molar-refractivity contribution in [3.63, 3.8) is 0 Å². The fourth-order valence-corrected chi connectivity index (χ4v) is 4.57. The zero-order chi connectivity index (χ0) is 20.2. The minimum absolute atomic E-state index is 0.195. The molecule has 2 atom stereocenters. The van der Waals surface area contributed by atoms with Crippen LogP contribution in [0.5, 0.6) is 0 Å². The summed E-state index contributed by atoms with van der Waals surface area (Å²) in [4.78, 5) is 0. The topological polar surface area (TPSA) is 40.5 Å². The van der Waals surface area contributed by atoms with Crippen LogP contribution in [0.2, 0.25) is 0 Å². The quantitative estimate of drug-likeness (QED) is 0.609. The highest BCUT2D eigenvalue weighted by atomic mass is 16.3. The molecule has 0 bridgehead atoms. The van der Waals surface area contributed by atoms with Gasteiger partial charge >= 0.3 is 0 Å². The van der Waals surface area contributed by atoms with Gasteiger partial charge in [0.25, 0.3) is 0 Å². The van der Waals surface area contributed by atoms with Crippen molar-refractivity contribution in [2.75, 3.05) is 0 Å². The maximum Gasteiger partial charge on any atom is 0.0796 e. The lowest BCUT2D eigenvalue weighted by molar-refractivity contribution is 0.180. The van der Waals surface area contributed by atoms with Crippen LogP contribution in [0.3, 0.4) is 0 Å². The summed E-state index contributed by atoms with van der Waals surface area (Å²) < 4.78 is 0. The van der Waals surface area contributed by atoms with E-state index in [1.807, 2.05) is 24.3 Å². The smallest absolute Gasteiger partial charge is 0.0796 e. The van der Waals surface area contributed by atoms with Crippen molar-refractivity contribution in [1.82, 2.24) is 0 Å². The van der Waals surface area contributed by atoms with E-state index < -0.39 is 0 Å². The Morgan fingerprint density at radius 2 is 1.66 bits per heavy atom. The van der Waals surface area contributed by atoms with E-state index in [4.69, 9.17) is 0 Å². The van der Waals surface area contributed by atoms with Crippen LogP contribution in [-0.2, 0) is 25.7 Å². The SMILES string of the molecule is C=CCc1cccc2c1CCC2O.OC1Cc2cccc(-c3ccccc3)c2C1. The molecule has 0 aromatic heterocycles. The molecule has 2 heteroatoms. The molecule has 2 N–H and O–H groups in total. The van der Waals surface area contributed by atoms with Crippen molar-refractivity contribution in [2.45, 2.75) is 44.3 Å². The summed E-state index contributed by atoms with van der Waals surface area (Å²) >= 11 is 0. The summed E-state index contributed by atoms with van der Waals surface area (Å²) in [6.07, 6.45) is 5.89. The van der Waals surface area contributed by atoms with Gasteiger partial charge in [-0.1, -0.05) is 72.8 Å². The second-order valence-electron chi connectivity index (χ2n) is 7.90. The van der Waals surface area contributed by atoms with Crippen LogP contribution in [0.1, 0.15) is 40.3 Å². The first-order valence-electron chi connectivity index (χ1n) is 10.4. The van der Waals surface area contributed by atoms with Gasteiger partial charge in [-0.25, -0.2) is 0 Å². The summed E-state index contributed by atoms with van der Waals surface area (Å²) in [5.74, 6) is 0. The number of aliphatic hydroxyl groups is 2. The van der Waals surface area contributed by atoms with E-state index >= 15 is 0 Å². The van der Waals surface area contributed by atoms with Gasteiger partial charge in [0.2, 0.25) is 0 Å². The van der Waals surface area contributed by atoms with Crippen LogP contribution in [0.15, 0.2) is 79.4 Å². The maximum absolute atomic E-state index is 9.72. The number of benzene rings is 3. The van der Waals surface area contributed by atoms with Gasteiger partial charge < -0.3 is 10.2 Å². The molecule has 29 heavy (non-hydrogen) atoms. The molecule has 2 aliphatic rings. The Bertz CT molecular complexity index is 991. The van der Waals surface area contributed by atoms with Gasteiger partial charge in [0, 0.05) is 0 Å². The lowest BCUT2D eigenvalue weighted by atomic mass is 9.97. The van der Waals surface area contributed by atoms with Gasteiger partial charge in [-0.05, 0) is 71.0 Å². The Morgan fingerprint density at radius 3 is 2.45 bits per heavy atom. The van der Waals surface area contributed by atoms with Crippen LogP contribution < -0.4 is 0 Å². The molecule has 0 saturated carbocycles. The zero-order valence-corrected chi connectivity index (χ0v) is 16.7. The molecule has 0 aliphatic heterocycles. The molecule has 0 spiro atoms. The Balaban J connectivity index is 0.000000145. The average Bonchev–Trinajstić information content (AvgIpc) is 3.32. The monoisotopic (exact) mass is 384 g/mol. The largest absolute Gasteiger partial charge is 0.392 e. The molecule has 148 valence electrons. The summed E-state index contributed by atoms with van der Waals surface area (Å²) in [6.45, 7) is 3.74. The second-order valence-corrected chi connectivity index (χ2v) is 7.90. The van der Waals surface area contributed by atoms with Crippen LogP contribution in [-0.4, -0.2) is 16.3 Å². The van der Waals surface area contributed by atoms with Crippen molar-refractivity contribution in [3.05, 3.63) is 107 Å². The number of fused-ring (bicyclic) bond motifs is 2. The van der Waals surface area contributed by atoms with E-state index in [2.05, 4.69) is 55.1 Å². The molecule has 2 nitrogen and oxygen atoms in total. The molecule has 0 heterocycles. The van der Waals surface area contributed by atoms with Crippen molar-refractivity contribution in [3.8, 4) is 11.1 Å². The highest BCUT2D eigenvalue weighted by Crippen LogP contribution is 2.33. The first-order chi connectivity index (χ1) is 14.2. The average molecular weight is 385 g/mol. The highest BCUT2D eigenvalue weighted by molar-refractivity contribution is 5.69. The maximum atomic E-state index is 9.72. The third-order valence-electron chi connectivity index (χ3n) is 5.95. The Morgan fingerprint density at radius 1 is 0.862 bits per heavy atom. The Labute approximate surface area is 173 Å². The van der Waals surface area contributed by atoms with Gasteiger partial charge in [-0.15, -0.1) is 6.58 Å². The third kappa shape index (κ3) is 4.19. The molecule has 2 aliphatic carbocycles. The number of rotatable bonds is 3. The van der Waals surface area contributed by atoms with Crippen LogP contribution in [0.4, 0.5) is 0 Å². The second kappa shape index (κ2) is 8.77. The lowest BCUT2D eigenvalue weighted by Gasteiger charge is -2.08. The molecule has 0 fully saturated rings. The lowest BCUT2D eigenvalue weighted by Crippen LogP contribution is -2.03. The Hall–Kier alpha value is -2.68. The van der Waals surface area contributed by atoms with Crippen molar-refractivity contribution in [1.29, 1.82) is 0 Å². The molecule has 0 radical (unpaired) electrons. The summed E-state index contributed by atoms with van der Waals surface area (Å²) in [7, 11) is 0. The van der Waals surface area contributed by atoms with Gasteiger partial charge in [-0.2, -0.15) is 0 Å². The first kappa shape index (κ1) is 19.6. The molecule has 0 saturated heterocycles. The van der Waals surface area contributed by atoms with Crippen LogP contribution in [0, 0.1) is 0 Å². The fraction of sp³-hybridized carbons (Fsp3) is 0.259. The van der Waals surface area contributed by atoms with Crippen molar-refractivity contribution < 1.29 is 10.2 Å². The predicted octanol–water partition coefficient (Wildman–Crippen LogP) is 5.21. The number of hydrogen-bond donors (Lipinski definition) is 2. The van der Waals surface area contributed by atoms with Gasteiger partial charge in [0.05, 0.1) is 12.2 Å². The summed E-state index contributed by atoms with van der Waals surface area (Å²) in [5, 5.41) is 19.4. The third-order valence-corrected chi connectivity index (χ3v) is 5.95. The number of aliphatic hydroxyl groups excluding tert-OH is 2. The molecular weight excluding hydrogens is 356 g/mol. The van der Waals surface area contributed by atoms with E-state index in [9.17, 15) is 10.2 Å². The summed E-state index contributed by atoms with van der Waals surface area (Å²) in [5.41, 5.74) is 8.93. The van der Waals surface area contributed by atoms with E-state index in [0.29, 0.717) is 0 Å². The standard InChI is InChI=1S/C15H14O.C12H14O/c16-13-9-12-7-4-8-14(15(12)10-13)11-5-2-1-3-6-11;1-2-4-9-5-3-6-11-10(9)7-8-12(11)13/h1-8,13,16H,9-10H2;2-3,5-6,12-13H,1,4,7-8H2. The van der Waals surface area contributed by atoms with E-state index in [1.165, 1.54) is 33.4 Å². The van der Waals surface area contributed by atoms with Gasteiger partial charge in [0.1, 0.15) is 0 Å². The summed E-state index contributed by atoms with van der Waals surface area (Å²) in [6, 6.07) is 22.9. The highest BCUT2D eigenvalue weighted by Gasteiger charge is 2.22. The molecule has 3 aromatic rings.